The molecule has 0 atom stereocenters. The minimum atomic E-state index is -1.24. The van der Waals surface area contributed by atoms with Crippen molar-refractivity contribution in [3.05, 3.63) is 54.7 Å². The molecule has 0 unspecified atom stereocenters. The average molecular weight is 425 g/mol. The Morgan fingerprint density at radius 1 is 1.10 bits per heavy atom. The number of carbonyl (C=O) groups is 2. The van der Waals surface area contributed by atoms with E-state index in [-0.39, 0.29) is 24.1 Å². The molecular weight excluding hydrogens is 405 g/mol. The van der Waals surface area contributed by atoms with Gasteiger partial charge in [-0.25, -0.2) is 19.2 Å². The van der Waals surface area contributed by atoms with Crippen LogP contribution in [0.1, 0.15) is 0 Å². The van der Waals surface area contributed by atoms with E-state index in [1.54, 1.807) is 40.1 Å². The summed E-state index contributed by atoms with van der Waals surface area (Å²) in [5.41, 5.74) is 2.43. The number of anilines is 1. The summed E-state index contributed by atoms with van der Waals surface area (Å²) in [6.07, 6.45) is 1.78. The average Bonchev–Trinajstić information content (AvgIpc) is 3.18. The number of hydrogen-bond donors (Lipinski definition) is 2. The van der Waals surface area contributed by atoms with Crippen molar-refractivity contribution < 1.29 is 23.8 Å². The lowest BCUT2D eigenvalue weighted by atomic mass is 10.1. The summed E-state index contributed by atoms with van der Waals surface area (Å²) < 4.78 is 20.4. The Balaban J connectivity index is 1.74. The molecule has 1 aliphatic heterocycles. The summed E-state index contributed by atoms with van der Waals surface area (Å²) in [6, 6.07) is 9.14. The summed E-state index contributed by atoms with van der Waals surface area (Å²) in [7, 11) is 0. The molecule has 1 aromatic carbocycles. The molecule has 0 saturated carbocycles. The second-order valence-corrected chi connectivity index (χ2v) is 6.93. The number of nitrogens with one attached hydrogen (secondary N) is 1. The van der Waals surface area contributed by atoms with Crippen LogP contribution in [0.3, 0.4) is 0 Å². The third-order valence-electron chi connectivity index (χ3n) is 4.89. The van der Waals surface area contributed by atoms with Gasteiger partial charge in [0.2, 0.25) is 5.91 Å². The second kappa shape index (κ2) is 8.92. The van der Waals surface area contributed by atoms with Crippen LogP contribution in [0.25, 0.3) is 22.5 Å². The number of halogens is 1. The number of aromatic nitrogens is 3. The highest BCUT2D eigenvalue weighted by atomic mass is 19.1. The monoisotopic (exact) mass is 425 g/mol. The van der Waals surface area contributed by atoms with Crippen LogP contribution in [-0.4, -0.2) is 62.8 Å². The zero-order valence-electron chi connectivity index (χ0n) is 16.5. The number of nitrogens with zero attached hydrogens (tertiary/aromatic N) is 4. The van der Waals surface area contributed by atoms with Crippen molar-refractivity contribution in [2.45, 2.75) is 6.54 Å². The maximum Gasteiger partial charge on any atom is 0.410 e. The molecule has 0 spiro atoms. The number of imidazole rings is 1. The van der Waals surface area contributed by atoms with Gasteiger partial charge in [0.25, 0.3) is 0 Å². The number of morpholine rings is 1. The normalized spacial score (nSPS) is 13.8. The van der Waals surface area contributed by atoms with E-state index in [9.17, 15) is 14.0 Å². The Labute approximate surface area is 177 Å². The predicted octanol–water partition coefficient (Wildman–Crippen LogP) is 2.70. The van der Waals surface area contributed by atoms with E-state index in [0.29, 0.717) is 48.8 Å². The molecule has 4 rings (SSSR count). The van der Waals surface area contributed by atoms with Gasteiger partial charge in [0, 0.05) is 30.4 Å². The van der Waals surface area contributed by atoms with Crippen LogP contribution >= 0.6 is 0 Å². The van der Waals surface area contributed by atoms with E-state index in [2.05, 4.69) is 15.3 Å². The Hall–Kier alpha value is -3.79. The summed E-state index contributed by atoms with van der Waals surface area (Å²) in [6.45, 7) is 2.09. The molecule has 3 aromatic rings. The molecule has 2 aromatic heterocycles. The molecular formula is C21H20FN5O4. The first-order chi connectivity index (χ1) is 15.0. The van der Waals surface area contributed by atoms with Crippen LogP contribution in [0.15, 0.2) is 48.9 Å². The summed E-state index contributed by atoms with van der Waals surface area (Å²) >= 11 is 0. The summed E-state index contributed by atoms with van der Waals surface area (Å²) in [5.74, 6) is -0.308. The number of rotatable bonds is 5. The number of pyridine rings is 1. The topological polar surface area (TPSA) is 110 Å². The van der Waals surface area contributed by atoms with Gasteiger partial charge in [-0.2, -0.15) is 0 Å². The van der Waals surface area contributed by atoms with Crippen LogP contribution < -0.4 is 5.32 Å². The zero-order chi connectivity index (χ0) is 21.8. The van der Waals surface area contributed by atoms with E-state index >= 15 is 0 Å². The second-order valence-electron chi connectivity index (χ2n) is 6.93. The Bertz CT molecular complexity index is 1090. The van der Waals surface area contributed by atoms with Crippen LogP contribution in [0.4, 0.5) is 15.0 Å². The zero-order valence-corrected chi connectivity index (χ0v) is 16.5. The van der Waals surface area contributed by atoms with E-state index in [4.69, 9.17) is 9.84 Å². The molecule has 0 bridgehead atoms. The third kappa shape index (κ3) is 4.69. The largest absolute Gasteiger partial charge is 0.465 e. The fourth-order valence-electron chi connectivity index (χ4n) is 3.44. The molecule has 31 heavy (non-hydrogen) atoms. The molecule has 1 fully saturated rings. The fraction of sp³-hybridized carbons (Fsp3) is 0.238. The Morgan fingerprint density at radius 2 is 1.84 bits per heavy atom. The van der Waals surface area contributed by atoms with Gasteiger partial charge in [0.1, 0.15) is 18.2 Å². The molecule has 0 aliphatic carbocycles. The lowest BCUT2D eigenvalue weighted by Gasteiger charge is -2.27. The first kappa shape index (κ1) is 20.5. The number of benzene rings is 1. The summed E-state index contributed by atoms with van der Waals surface area (Å²) in [5, 5.41) is 11.2. The smallest absolute Gasteiger partial charge is 0.410 e. The lowest BCUT2D eigenvalue weighted by molar-refractivity contribution is -0.135. The van der Waals surface area contributed by atoms with Crippen LogP contribution in [0.2, 0.25) is 0 Å². The quantitative estimate of drug-likeness (QED) is 0.651. The number of carboxylic acid groups (broad SMARTS) is 1. The van der Waals surface area contributed by atoms with Gasteiger partial charge in [0.05, 0.1) is 30.9 Å². The Kier molecular flexibility index (Phi) is 5.89. The van der Waals surface area contributed by atoms with Gasteiger partial charge in [-0.1, -0.05) is 0 Å². The van der Waals surface area contributed by atoms with Gasteiger partial charge < -0.3 is 19.3 Å². The van der Waals surface area contributed by atoms with Crippen molar-refractivity contribution in [1.29, 1.82) is 0 Å². The molecule has 2 amide bonds. The minimum Gasteiger partial charge on any atom is -0.465 e. The highest BCUT2D eigenvalue weighted by Crippen LogP contribution is 2.32. The predicted molar refractivity (Wildman–Crippen MR) is 110 cm³/mol. The highest BCUT2D eigenvalue weighted by Gasteiger charge is 2.21. The first-order valence-electron chi connectivity index (χ1n) is 9.64. The SMILES string of the molecule is O=C(O)Nc1cc(-c2c(-c3ccc(F)cc3)ncn2CC(=O)N2CCOCC2)ccn1. The van der Waals surface area contributed by atoms with Crippen molar-refractivity contribution in [2.24, 2.45) is 0 Å². The third-order valence-corrected chi connectivity index (χ3v) is 4.89. The maximum atomic E-state index is 13.4. The van der Waals surface area contributed by atoms with Gasteiger partial charge in [-0.05, 0) is 36.4 Å². The first-order valence-corrected chi connectivity index (χ1v) is 9.64. The number of amides is 2. The van der Waals surface area contributed by atoms with E-state index < -0.39 is 6.09 Å². The molecule has 2 N–H and O–H groups in total. The van der Waals surface area contributed by atoms with E-state index in [1.165, 1.54) is 18.3 Å². The molecule has 3 heterocycles. The van der Waals surface area contributed by atoms with E-state index in [1.807, 2.05) is 0 Å². The van der Waals surface area contributed by atoms with E-state index in [0.717, 1.165) is 0 Å². The standard InChI is InChI=1S/C21H20FN5O4/c22-16-3-1-14(2-4-16)19-20(15-5-6-23-17(11-15)25-21(29)30)27(13-24-19)12-18(28)26-7-9-31-10-8-26/h1-6,11,13H,7-10,12H2,(H,23,25)(H,29,30). The Morgan fingerprint density at radius 3 is 2.55 bits per heavy atom. The van der Waals surface area contributed by atoms with Crippen LogP contribution in [0, 0.1) is 5.82 Å². The molecule has 1 aliphatic rings. The number of carbonyl (C=O) groups excluding carboxylic acids is 1. The minimum absolute atomic E-state index is 0.0492. The molecule has 1 saturated heterocycles. The van der Waals surface area contributed by atoms with Crippen LogP contribution in [0.5, 0.6) is 0 Å². The fourth-order valence-corrected chi connectivity index (χ4v) is 3.44. The lowest BCUT2D eigenvalue weighted by Crippen LogP contribution is -2.42. The van der Waals surface area contributed by atoms with Crippen molar-refractivity contribution in [3.8, 4) is 22.5 Å². The molecule has 0 radical (unpaired) electrons. The van der Waals surface area contributed by atoms with Gasteiger partial charge in [-0.3, -0.25) is 10.1 Å². The van der Waals surface area contributed by atoms with Crippen molar-refractivity contribution in [3.63, 3.8) is 0 Å². The number of hydrogen-bond acceptors (Lipinski definition) is 5. The summed E-state index contributed by atoms with van der Waals surface area (Å²) in [4.78, 5) is 34.0. The molecule has 160 valence electrons. The molecule has 10 heteroatoms. The van der Waals surface area contributed by atoms with Gasteiger partial charge in [-0.15, -0.1) is 0 Å². The number of ether oxygens (including phenoxy) is 1. The van der Waals surface area contributed by atoms with Crippen molar-refractivity contribution in [2.75, 3.05) is 31.6 Å². The maximum absolute atomic E-state index is 13.4. The van der Waals surface area contributed by atoms with Gasteiger partial charge >= 0.3 is 6.09 Å². The van der Waals surface area contributed by atoms with Gasteiger partial charge in [0.15, 0.2) is 0 Å². The highest BCUT2D eigenvalue weighted by molar-refractivity contribution is 5.85. The van der Waals surface area contributed by atoms with Crippen LogP contribution in [-0.2, 0) is 16.1 Å². The van der Waals surface area contributed by atoms with Crippen molar-refractivity contribution >= 4 is 17.8 Å². The molecule has 9 nitrogen and oxygen atoms in total. The van der Waals surface area contributed by atoms with Crippen molar-refractivity contribution in [1.82, 2.24) is 19.4 Å².